The van der Waals surface area contributed by atoms with Gasteiger partial charge in [0.05, 0.1) is 23.1 Å². The summed E-state index contributed by atoms with van der Waals surface area (Å²) >= 11 is 14.1. The van der Waals surface area contributed by atoms with Crippen molar-refractivity contribution in [2.45, 2.75) is 37.8 Å². The Morgan fingerprint density at radius 2 is 0.976 bits per heavy atom. The molecule has 42 heavy (non-hydrogen) atoms. The second-order valence-corrected chi connectivity index (χ2v) is 11.8. The van der Waals surface area contributed by atoms with Gasteiger partial charge in [0, 0.05) is 34.3 Å². The summed E-state index contributed by atoms with van der Waals surface area (Å²) in [6, 6.07) is 24.9. The quantitative estimate of drug-likeness (QED) is 0.180. The third kappa shape index (κ3) is 5.81. The number of fused-ring (bicyclic) bond motifs is 2. The van der Waals surface area contributed by atoms with Gasteiger partial charge in [0.15, 0.2) is 0 Å². The number of carbonyl (C=O) groups is 2. The molecule has 2 unspecified atom stereocenters. The fraction of sp³-hybridized carbons (Fsp3) is 0.235. The van der Waals surface area contributed by atoms with Crippen LogP contribution < -0.4 is 10.6 Å². The van der Waals surface area contributed by atoms with Crippen LogP contribution in [0.1, 0.15) is 22.3 Å². The fourth-order valence-corrected chi connectivity index (χ4v) is 6.92. The summed E-state index contributed by atoms with van der Waals surface area (Å²) in [6.45, 7) is -0.0929. The molecule has 6 rings (SSSR count). The van der Waals surface area contributed by atoms with Crippen LogP contribution in [0.2, 0.25) is 10.0 Å². The van der Waals surface area contributed by atoms with Crippen molar-refractivity contribution in [2.75, 3.05) is 13.1 Å². The maximum absolute atomic E-state index is 11.0. The second-order valence-electron chi connectivity index (χ2n) is 11.1. The van der Waals surface area contributed by atoms with Gasteiger partial charge in [0.2, 0.25) is 0 Å². The molecule has 6 nitrogen and oxygen atoms in total. The highest BCUT2D eigenvalue weighted by atomic mass is 35.5. The summed E-state index contributed by atoms with van der Waals surface area (Å²) in [4.78, 5) is 21.9. The number of halogens is 2. The van der Waals surface area contributed by atoms with Crippen LogP contribution in [-0.4, -0.2) is 47.3 Å². The smallest absolute Gasteiger partial charge is 0.317 e. The summed E-state index contributed by atoms with van der Waals surface area (Å²) in [5.41, 5.74) is 10.4. The molecule has 0 fully saturated rings. The predicted molar refractivity (Wildman–Crippen MR) is 166 cm³/mol. The van der Waals surface area contributed by atoms with E-state index in [1.807, 2.05) is 36.4 Å². The Balaban J connectivity index is 1.27. The van der Waals surface area contributed by atoms with E-state index in [1.165, 1.54) is 22.3 Å². The Morgan fingerprint density at radius 3 is 1.38 bits per heavy atom. The molecule has 0 heterocycles. The van der Waals surface area contributed by atoms with Crippen molar-refractivity contribution in [3.63, 3.8) is 0 Å². The predicted octanol–water partition coefficient (Wildman–Crippen LogP) is 6.28. The molecule has 214 valence electrons. The monoisotopic (exact) mass is 600 g/mol. The Labute approximate surface area is 254 Å². The number of aliphatic carboxylic acids is 2. The SMILES string of the molecule is O=C(O)CNC1Cc2ccc(-c3cccc(-c4cccc(-c5ccc6c(c5)CC(NCC(=O)O)C6)c4Cl)c3Cl)cc2C1. The number of hydrogen-bond donors (Lipinski definition) is 4. The molecule has 0 aromatic heterocycles. The summed E-state index contributed by atoms with van der Waals surface area (Å²) in [6.07, 6.45) is 3.17. The molecular formula is C34H30Cl2N2O4. The Bertz CT molecular complexity index is 1580. The largest absolute Gasteiger partial charge is 0.480 e. The van der Waals surface area contributed by atoms with E-state index in [0.29, 0.717) is 10.0 Å². The van der Waals surface area contributed by atoms with Crippen LogP contribution in [0.15, 0.2) is 72.8 Å². The first-order valence-electron chi connectivity index (χ1n) is 14.0. The number of benzene rings is 4. The van der Waals surface area contributed by atoms with Crippen molar-refractivity contribution in [3.05, 3.63) is 105 Å². The molecule has 2 atom stereocenters. The average molecular weight is 602 g/mol. The van der Waals surface area contributed by atoms with Crippen LogP contribution in [-0.2, 0) is 35.3 Å². The van der Waals surface area contributed by atoms with Crippen molar-refractivity contribution in [1.82, 2.24) is 10.6 Å². The number of carboxylic acids is 2. The molecule has 8 heteroatoms. The molecule has 2 aliphatic rings. The van der Waals surface area contributed by atoms with Crippen LogP contribution in [0.3, 0.4) is 0 Å². The van der Waals surface area contributed by atoms with Gasteiger partial charge in [-0.25, -0.2) is 0 Å². The Morgan fingerprint density at radius 1 is 0.595 bits per heavy atom. The van der Waals surface area contributed by atoms with E-state index in [1.54, 1.807) is 0 Å². The minimum atomic E-state index is -0.854. The molecule has 0 amide bonds. The van der Waals surface area contributed by atoms with E-state index in [4.69, 9.17) is 33.4 Å². The van der Waals surface area contributed by atoms with Crippen molar-refractivity contribution in [2.24, 2.45) is 0 Å². The number of rotatable bonds is 9. The maximum atomic E-state index is 11.0. The molecule has 0 spiro atoms. The lowest BCUT2D eigenvalue weighted by Crippen LogP contribution is -2.33. The molecule has 4 aromatic carbocycles. The molecule has 0 aliphatic heterocycles. The van der Waals surface area contributed by atoms with E-state index >= 15 is 0 Å². The molecule has 0 radical (unpaired) electrons. The lowest BCUT2D eigenvalue weighted by molar-refractivity contribution is -0.137. The lowest BCUT2D eigenvalue weighted by Gasteiger charge is -2.15. The standard InChI is InChI=1S/C34H30Cl2N2O4/c35-33-27(21-9-7-19-13-25(15-23(19)11-21)37-17-31(39)40)3-1-5-29(33)30-6-2-4-28(34(30)36)22-10-8-20-14-26(16-24(20)12-22)38-18-32(41)42/h1-12,25-26,37-38H,13-18H2,(H,39,40)(H,41,42). The number of hydrogen-bond acceptors (Lipinski definition) is 4. The van der Waals surface area contributed by atoms with Gasteiger partial charge in [-0.1, -0.05) is 96.0 Å². The third-order valence-corrected chi connectivity index (χ3v) is 9.09. The van der Waals surface area contributed by atoms with Gasteiger partial charge in [-0.15, -0.1) is 0 Å². The molecule has 4 N–H and O–H groups in total. The second kappa shape index (κ2) is 11.9. The van der Waals surface area contributed by atoms with E-state index < -0.39 is 11.9 Å². The maximum Gasteiger partial charge on any atom is 0.317 e. The highest BCUT2D eigenvalue weighted by Crippen LogP contribution is 2.43. The van der Waals surface area contributed by atoms with E-state index in [0.717, 1.165) is 59.1 Å². The van der Waals surface area contributed by atoms with Gasteiger partial charge in [-0.05, 0) is 59.1 Å². The van der Waals surface area contributed by atoms with E-state index in [-0.39, 0.29) is 25.2 Å². The van der Waals surface area contributed by atoms with E-state index in [2.05, 4.69) is 47.0 Å². The first kappa shape index (κ1) is 28.4. The summed E-state index contributed by atoms with van der Waals surface area (Å²) < 4.78 is 0. The van der Waals surface area contributed by atoms with Gasteiger partial charge in [0.1, 0.15) is 0 Å². The zero-order valence-corrected chi connectivity index (χ0v) is 24.3. The van der Waals surface area contributed by atoms with Gasteiger partial charge < -0.3 is 20.8 Å². The van der Waals surface area contributed by atoms with Gasteiger partial charge >= 0.3 is 11.9 Å². The fourth-order valence-electron chi connectivity index (χ4n) is 6.25. The molecule has 4 aromatic rings. The Hall–Kier alpha value is -3.68. The third-order valence-electron chi connectivity index (χ3n) is 8.27. The van der Waals surface area contributed by atoms with Crippen LogP contribution in [0.4, 0.5) is 0 Å². The van der Waals surface area contributed by atoms with Crippen LogP contribution >= 0.6 is 23.2 Å². The summed E-state index contributed by atoms with van der Waals surface area (Å²) in [5, 5.41) is 25.5. The molecule has 0 bridgehead atoms. The van der Waals surface area contributed by atoms with Crippen LogP contribution in [0.25, 0.3) is 33.4 Å². The van der Waals surface area contributed by atoms with Crippen molar-refractivity contribution < 1.29 is 19.8 Å². The Kier molecular flexibility index (Phi) is 8.06. The highest BCUT2D eigenvalue weighted by molar-refractivity contribution is 6.39. The summed E-state index contributed by atoms with van der Waals surface area (Å²) in [5.74, 6) is -1.71. The van der Waals surface area contributed by atoms with Crippen LogP contribution in [0, 0.1) is 0 Å². The van der Waals surface area contributed by atoms with Crippen molar-refractivity contribution in [3.8, 4) is 33.4 Å². The first-order chi connectivity index (χ1) is 20.3. The topological polar surface area (TPSA) is 98.7 Å². The zero-order valence-electron chi connectivity index (χ0n) is 22.8. The van der Waals surface area contributed by atoms with Crippen molar-refractivity contribution in [1.29, 1.82) is 0 Å². The number of carboxylic acid groups (broad SMARTS) is 2. The highest BCUT2D eigenvalue weighted by Gasteiger charge is 2.24. The minimum Gasteiger partial charge on any atom is -0.480 e. The molecular weight excluding hydrogens is 571 g/mol. The van der Waals surface area contributed by atoms with E-state index in [9.17, 15) is 9.59 Å². The normalized spacial score (nSPS) is 17.2. The number of nitrogens with one attached hydrogen (secondary N) is 2. The molecule has 2 aliphatic carbocycles. The average Bonchev–Trinajstić information content (AvgIpc) is 3.58. The van der Waals surface area contributed by atoms with Gasteiger partial charge in [0.25, 0.3) is 0 Å². The van der Waals surface area contributed by atoms with Gasteiger partial charge in [-0.3, -0.25) is 9.59 Å². The zero-order chi connectivity index (χ0) is 29.4. The van der Waals surface area contributed by atoms with Crippen molar-refractivity contribution >= 4 is 35.1 Å². The minimum absolute atomic E-state index is 0.0464. The van der Waals surface area contributed by atoms with Gasteiger partial charge in [-0.2, -0.15) is 0 Å². The van der Waals surface area contributed by atoms with Crippen LogP contribution in [0.5, 0.6) is 0 Å². The lowest BCUT2D eigenvalue weighted by atomic mass is 9.94. The first-order valence-corrected chi connectivity index (χ1v) is 14.7. The summed E-state index contributed by atoms with van der Waals surface area (Å²) in [7, 11) is 0. The molecule has 0 saturated carbocycles. The molecule has 0 saturated heterocycles.